The van der Waals surface area contributed by atoms with Crippen molar-refractivity contribution in [1.29, 1.82) is 0 Å². The van der Waals surface area contributed by atoms with E-state index in [1.54, 1.807) is 10.9 Å². The second-order valence-electron chi connectivity index (χ2n) is 7.10. The summed E-state index contributed by atoms with van der Waals surface area (Å²) in [6.07, 6.45) is 5.32. The van der Waals surface area contributed by atoms with Gasteiger partial charge in [0.2, 0.25) is 0 Å². The van der Waals surface area contributed by atoms with Gasteiger partial charge in [0.1, 0.15) is 30.2 Å². The van der Waals surface area contributed by atoms with E-state index in [1.165, 1.54) is 13.4 Å². The van der Waals surface area contributed by atoms with E-state index in [1.807, 2.05) is 19.1 Å². The number of nitrogens with zero attached hydrogens (tertiary/aromatic N) is 5. The fourth-order valence-corrected chi connectivity index (χ4v) is 3.71. The molecular formula is C19H23N5O3. The van der Waals surface area contributed by atoms with E-state index >= 15 is 0 Å². The maximum atomic E-state index is 11.6. The van der Waals surface area contributed by atoms with Crippen LogP contribution in [0, 0.1) is 12.8 Å². The number of anilines is 1. The third kappa shape index (κ3) is 3.27. The average molecular weight is 369 g/mol. The minimum Gasteiger partial charge on any atom is -0.468 e. The van der Waals surface area contributed by atoms with Gasteiger partial charge in [-0.2, -0.15) is 5.10 Å². The van der Waals surface area contributed by atoms with Crippen molar-refractivity contribution in [1.82, 2.24) is 19.7 Å². The Labute approximate surface area is 157 Å². The molecule has 1 fully saturated rings. The Bertz CT molecular complexity index is 963. The lowest BCUT2D eigenvalue weighted by atomic mass is 9.91. The van der Waals surface area contributed by atoms with Crippen LogP contribution in [-0.2, 0) is 16.1 Å². The van der Waals surface area contributed by atoms with E-state index in [0.717, 1.165) is 42.1 Å². The molecule has 4 heterocycles. The first-order valence-corrected chi connectivity index (χ1v) is 9.13. The molecule has 0 saturated carbocycles. The lowest BCUT2D eigenvalue weighted by molar-refractivity contribution is -0.141. The molecule has 0 aromatic carbocycles. The lowest BCUT2D eigenvalue weighted by Gasteiger charge is -2.38. The highest BCUT2D eigenvalue weighted by Crippen LogP contribution is 2.39. The lowest BCUT2D eigenvalue weighted by Crippen LogP contribution is -2.36. The predicted octanol–water partition coefficient (Wildman–Crippen LogP) is 2.88. The van der Waals surface area contributed by atoms with E-state index in [-0.39, 0.29) is 18.6 Å². The highest BCUT2D eigenvalue weighted by atomic mass is 16.5. The van der Waals surface area contributed by atoms with E-state index in [4.69, 9.17) is 9.15 Å². The highest BCUT2D eigenvalue weighted by Gasteiger charge is 2.32. The molecule has 142 valence electrons. The van der Waals surface area contributed by atoms with Gasteiger partial charge in [0.05, 0.1) is 24.7 Å². The molecule has 8 nitrogen and oxygen atoms in total. The van der Waals surface area contributed by atoms with Crippen LogP contribution in [0.1, 0.15) is 37.3 Å². The zero-order valence-corrected chi connectivity index (χ0v) is 15.8. The number of ether oxygens (including phenoxy) is 1. The van der Waals surface area contributed by atoms with Gasteiger partial charge in [-0.3, -0.25) is 4.79 Å². The summed E-state index contributed by atoms with van der Waals surface area (Å²) in [7, 11) is 1.36. The van der Waals surface area contributed by atoms with Crippen molar-refractivity contribution in [2.75, 3.05) is 18.6 Å². The number of carbonyl (C=O) groups is 1. The van der Waals surface area contributed by atoms with Crippen molar-refractivity contribution in [2.45, 2.75) is 39.3 Å². The molecule has 4 rings (SSSR count). The molecule has 0 spiro atoms. The van der Waals surface area contributed by atoms with Gasteiger partial charge in [-0.25, -0.2) is 14.6 Å². The second-order valence-corrected chi connectivity index (χ2v) is 7.10. The van der Waals surface area contributed by atoms with Crippen molar-refractivity contribution in [2.24, 2.45) is 5.92 Å². The first kappa shape index (κ1) is 17.5. The van der Waals surface area contributed by atoms with Crippen LogP contribution in [0.15, 0.2) is 29.1 Å². The van der Waals surface area contributed by atoms with Crippen LogP contribution in [0.5, 0.6) is 0 Å². The standard InChI is InChI=1S/C19H23N5O3/c1-12-6-7-23(15(8-12)16-5-4-13(2)27-16)18-14-9-22-24(10-17(25)26-3)19(14)21-11-20-18/h4-5,9,11-12,15H,6-8,10H2,1-3H3. The number of hydrogen-bond donors (Lipinski definition) is 0. The number of aromatic nitrogens is 4. The Hall–Kier alpha value is -2.90. The third-order valence-corrected chi connectivity index (χ3v) is 5.15. The number of carbonyl (C=O) groups excluding carboxylic acids is 1. The second kappa shape index (κ2) is 7.02. The largest absolute Gasteiger partial charge is 0.468 e. The topological polar surface area (TPSA) is 86.3 Å². The molecule has 2 unspecified atom stereocenters. The monoisotopic (exact) mass is 369 g/mol. The third-order valence-electron chi connectivity index (χ3n) is 5.15. The summed E-state index contributed by atoms with van der Waals surface area (Å²) in [5.74, 6) is 2.92. The summed E-state index contributed by atoms with van der Waals surface area (Å²) in [5.41, 5.74) is 0.624. The molecule has 1 aliphatic heterocycles. The zero-order valence-electron chi connectivity index (χ0n) is 15.8. The normalized spacial score (nSPS) is 20.2. The van der Waals surface area contributed by atoms with Gasteiger partial charge in [-0.15, -0.1) is 0 Å². The van der Waals surface area contributed by atoms with Crippen LogP contribution in [-0.4, -0.2) is 39.4 Å². The molecule has 0 radical (unpaired) electrons. The number of aryl methyl sites for hydroxylation is 1. The number of hydrogen-bond acceptors (Lipinski definition) is 7. The van der Waals surface area contributed by atoms with Gasteiger partial charge < -0.3 is 14.1 Å². The number of esters is 1. The summed E-state index contributed by atoms with van der Waals surface area (Å²) in [6, 6.07) is 4.16. The van der Waals surface area contributed by atoms with Gasteiger partial charge in [0.15, 0.2) is 5.65 Å². The summed E-state index contributed by atoms with van der Waals surface area (Å²) in [5, 5.41) is 5.14. The molecule has 27 heavy (non-hydrogen) atoms. The summed E-state index contributed by atoms with van der Waals surface area (Å²) < 4.78 is 12.2. The fourth-order valence-electron chi connectivity index (χ4n) is 3.71. The Balaban J connectivity index is 1.74. The molecule has 0 aliphatic carbocycles. The maximum absolute atomic E-state index is 11.6. The highest BCUT2D eigenvalue weighted by molar-refractivity contribution is 5.87. The number of rotatable bonds is 4. The minimum atomic E-state index is -0.365. The van der Waals surface area contributed by atoms with Crippen LogP contribution in [0.2, 0.25) is 0 Å². The molecule has 3 aromatic heterocycles. The predicted molar refractivity (Wildman–Crippen MR) is 99.3 cm³/mol. The Morgan fingerprint density at radius 1 is 1.37 bits per heavy atom. The van der Waals surface area contributed by atoms with Gasteiger partial charge >= 0.3 is 5.97 Å². The zero-order chi connectivity index (χ0) is 19.0. The Morgan fingerprint density at radius 2 is 2.22 bits per heavy atom. The number of furan rings is 1. The fraction of sp³-hybridized carbons (Fsp3) is 0.474. The van der Waals surface area contributed by atoms with Crippen LogP contribution >= 0.6 is 0 Å². The first-order valence-electron chi connectivity index (χ1n) is 9.13. The van der Waals surface area contributed by atoms with Crippen LogP contribution in [0.4, 0.5) is 5.82 Å². The van der Waals surface area contributed by atoms with Crippen LogP contribution < -0.4 is 4.90 Å². The van der Waals surface area contributed by atoms with E-state index < -0.39 is 0 Å². The molecule has 0 amide bonds. The summed E-state index contributed by atoms with van der Waals surface area (Å²) >= 11 is 0. The van der Waals surface area contributed by atoms with Crippen molar-refractivity contribution in [3.05, 3.63) is 36.2 Å². The summed E-state index contributed by atoms with van der Waals surface area (Å²) in [6.45, 7) is 5.12. The van der Waals surface area contributed by atoms with Gasteiger partial charge in [0.25, 0.3) is 0 Å². The van der Waals surface area contributed by atoms with E-state index in [0.29, 0.717) is 11.6 Å². The number of methoxy groups -OCH3 is 1. The van der Waals surface area contributed by atoms with E-state index in [9.17, 15) is 4.79 Å². The van der Waals surface area contributed by atoms with E-state index in [2.05, 4.69) is 26.9 Å². The SMILES string of the molecule is COC(=O)Cn1ncc2c(N3CCC(C)CC3c3ccc(C)o3)ncnc21. The summed E-state index contributed by atoms with van der Waals surface area (Å²) in [4.78, 5) is 22.8. The first-order chi connectivity index (χ1) is 13.1. The van der Waals surface area contributed by atoms with Gasteiger partial charge in [-0.05, 0) is 37.8 Å². The van der Waals surface area contributed by atoms with Crippen molar-refractivity contribution in [3.8, 4) is 0 Å². The van der Waals surface area contributed by atoms with Gasteiger partial charge in [0, 0.05) is 6.54 Å². The molecule has 0 bridgehead atoms. The van der Waals surface area contributed by atoms with Crippen LogP contribution in [0.3, 0.4) is 0 Å². The quantitative estimate of drug-likeness (QED) is 0.654. The minimum absolute atomic E-state index is 0.0221. The average Bonchev–Trinajstić information content (AvgIpc) is 3.28. The van der Waals surface area contributed by atoms with Crippen molar-refractivity contribution in [3.63, 3.8) is 0 Å². The van der Waals surface area contributed by atoms with Crippen molar-refractivity contribution < 1.29 is 13.9 Å². The van der Waals surface area contributed by atoms with Crippen LogP contribution in [0.25, 0.3) is 11.0 Å². The molecule has 2 atom stereocenters. The van der Waals surface area contributed by atoms with Crippen molar-refractivity contribution >= 4 is 22.8 Å². The molecular weight excluding hydrogens is 346 g/mol. The van der Waals surface area contributed by atoms with Gasteiger partial charge in [-0.1, -0.05) is 6.92 Å². The number of piperidine rings is 1. The molecule has 1 aliphatic rings. The smallest absolute Gasteiger partial charge is 0.327 e. The Kier molecular flexibility index (Phi) is 4.55. The molecule has 1 saturated heterocycles. The molecule has 8 heteroatoms. The maximum Gasteiger partial charge on any atom is 0.327 e. The Morgan fingerprint density at radius 3 is 2.96 bits per heavy atom. The number of fused-ring (bicyclic) bond motifs is 1. The molecule has 0 N–H and O–H groups in total. The molecule has 3 aromatic rings.